The minimum atomic E-state index is -1.08. The largest absolute Gasteiger partial charge is 0.375 e. The topological polar surface area (TPSA) is 89.4 Å². The van der Waals surface area contributed by atoms with Crippen LogP contribution >= 0.6 is 0 Å². The van der Waals surface area contributed by atoms with Crippen LogP contribution < -0.4 is 5.73 Å². The fraction of sp³-hybridized carbons (Fsp3) is 0.143. The van der Waals surface area contributed by atoms with E-state index < -0.39 is 11.2 Å². The quantitative estimate of drug-likeness (QED) is 0.383. The zero-order valence-corrected chi connectivity index (χ0v) is 6.18. The Morgan fingerprint density at radius 3 is 2.25 bits per heavy atom. The minimum Gasteiger partial charge on any atom is -0.375 e. The molecule has 1 unspecified atom stereocenters. The fourth-order valence-electron chi connectivity index (χ4n) is 0.793. The van der Waals surface area contributed by atoms with Gasteiger partial charge in [-0.3, -0.25) is 10.1 Å². The Morgan fingerprint density at radius 1 is 1.42 bits per heavy atom. The second-order valence-electron chi connectivity index (χ2n) is 2.29. The van der Waals surface area contributed by atoms with E-state index in [9.17, 15) is 10.1 Å². The molecule has 5 nitrogen and oxygen atoms in total. The standard InChI is InChI=1S/C7H8N2O3/c8-7(10)5-1-3-6(4-2-5)9(11)12/h1-4,7,10H,8H2. The summed E-state index contributed by atoms with van der Waals surface area (Å²) < 4.78 is 0. The van der Waals surface area contributed by atoms with Crippen LogP contribution in [0.2, 0.25) is 0 Å². The van der Waals surface area contributed by atoms with Crippen molar-refractivity contribution in [1.29, 1.82) is 0 Å². The summed E-state index contributed by atoms with van der Waals surface area (Å²) in [6.07, 6.45) is -1.08. The molecule has 0 spiro atoms. The zero-order valence-electron chi connectivity index (χ0n) is 6.18. The molecule has 0 aromatic heterocycles. The Morgan fingerprint density at radius 2 is 1.92 bits per heavy atom. The average molecular weight is 168 g/mol. The molecule has 0 aliphatic rings. The highest BCUT2D eigenvalue weighted by Crippen LogP contribution is 2.14. The highest BCUT2D eigenvalue weighted by molar-refractivity contribution is 5.33. The lowest BCUT2D eigenvalue weighted by atomic mass is 10.2. The number of hydrogen-bond acceptors (Lipinski definition) is 4. The van der Waals surface area contributed by atoms with Crippen molar-refractivity contribution in [2.75, 3.05) is 0 Å². The minimum absolute atomic E-state index is 0.0144. The van der Waals surface area contributed by atoms with Gasteiger partial charge in [-0.2, -0.15) is 0 Å². The number of hydrogen-bond donors (Lipinski definition) is 2. The van der Waals surface area contributed by atoms with E-state index in [0.717, 1.165) is 0 Å². The average Bonchev–Trinajstić information content (AvgIpc) is 2.04. The molecule has 0 fully saturated rings. The van der Waals surface area contributed by atoms with Crippen molar-refractivity contribution < 1.29 is 10.0 Å². The lowest BCUT2D eigenvalue weighted by molar-refractivity contribution is -0.384. The van der Waals surface area contributed by atoms with E-state index in [4.69, 9.17) is 10.8 Å². The number of aliphatic hydroxyl groups excluding tert-OH is 1. The molecule has 0 radical (unpaired) electrons. The van der Waals surface area contributed by atoms with Gasteiger partial charge in [0.25, 0.3) is 5.69 Å². The molecule has 1 atom stereocenters. The smallest absolute Gasteiger partial charge is 0.269 e. The van der Waals surface area contributed by atoms with Crippen molar-refractivity contribution >= 4 is 5.69 Å². The second kappa shape index (κ2) is 3.29. The molecule has 3 N–H and O–H groups in total. The summed E-state index contributed by atoms with van der Waals surface area (Å²) in [7, 11) is 0. The zero-order chi connectivity index (χ0) is 9.14. The number of nitro groups is 1. The maximum absolute atomic E-state index is 10.2. The molecule has 0 saturated heterocycles. The van der Waals surface area contributed by atoms with E-state index >= 15 is 0 Å². The monoisotopic (exact) mass is 168 g/mol. The first-order valence-corrected chi connectivity index (χ1v) is 3.29. The summed E-state index contributed by atoms with van der Waals surface area (Å²) in [5, 5.41) is 19.1. The van der Waals surface area contributed by atoms with E-state index in [2.05, 4.69) is 0 Å². The molecule has 0 aliphatic carbocycles. The highest BCUT2D eigenvalue weighted by Gasteiger charge is 2.05. The number of non-ortho nitro benzene ring substituents is 1. The lowest BCUT2D eigenvalue weighted by Crippen LogP contribution is -2.07. The SMILES string of the molecule is NC(O)c1ccc([N+](=O)[O-])cc1. The van der Waals surface area contributed by atoms with Crippen LogP contribution in [0.25, 0.3) is 0 Å². The van der Waals surface area contributed by atoms with Crippen LogP contribution in [-0.2, 0) is 0 Å². The van der Waals surface area contributed by atoms with Gasteiger partial charge >= 0.3 is 0 Å². The molecule has 1 aromatic rings. The van der Waals surface area contributed by atoms with E-state index in [1.54, 1.807) is 0 Å². The Bertz CT molecular complexity index is 281. The van der Waals surface area contributed by atoms with E-state index in [1.807, 2.05) is 0 Å². The van der Waals surface area contributed by atoms with E-state index in [-0.39, 0.29) is 5.69 Å². The third-order valence-electron chi connectivity index (χ3n) is 1.45. The van der Waals surface area contributed by atoms with Gasteiger partial charge in [-0.15, -0.1) is 0 Å². The van der Waals surface area contributed by atoms with Crippen LogP contribution in [0, 0.1) is 10.1 Å². The Hall–Kier alpha value is -1.46. The molecule has 5 heteroatoms. The van der Waals surface area contributed by atoms with Gasteiger partial charge in [-0.25, -0.2) is 0 Å². The molecule has 0 aliphatic heterocycles. The number of benzene rings is 1. The van der Waals surface area contributed by atoms with Crippen molar-refractivity contribution in [2.24, 2.45) is 5.73 Å². The number of aliphatic hydroxyl groups is 1. The van der Waals surface area contributed by atoms with Gasteiger partial charge in [0.15, 0.2) is 0 Å². The van der Waals surface area contributed by atoms with Crippen LogP contribution in [0.1, 0.15) is 11.8 Å². The third kappa shape index (κ3) is 1.77. The summed E-state index contributed by atoms with van der Waals surface area (Å²) in [5.41, 5.74) is 5.57. The molecule has 0 amide bonds. The number of nitro benzene ring substituents is 1. The molecule has 12 heavy (non-hydrogen) atoms. The summed E-state index contributed by atoms with van der Waals surface area (Å²) in [6.45, 7) is 0. The van der Waals surface area contributed by atoms with E-state index in [1.165, 1.54) is 24.3 Å². The van der Waals surface area contributed by atoms with Crippen LogP contribution in [0.4, 0.5) is 5.69 Å². The molecular formula is C7H8N2O3. The molecule has 1 rings (SSSR count). The van der Waals surface area contributed by atoms with Gasteiger partial charge in [-0.05, 0) is 17.7 Å². The predicted molar refractivity (Wildman–Crippen MR) is 42.2 cm³/mol. The Kier molecular flexibility index (Phi) is 2.37. The van der Waals surface area contributed by atoms with Gasteiger partial charge in [-0.1, -0.05) is 0 Å². The number of rotatable bonds is 2. The molecule has 64 valence electrons. The van der Waals surface area contributed by atoms with Gasteiger partial charge in [0.05, 0.1) is 4.92 Å². The first kappa shape index (κ1) is 8.63. The van der Waals surface area contributed by atoms with Crippen LogP contribution in [0.3, 0.4) is 0 Å². The van der Waals surface area contributed by atoms with Crippen LogP contribution in [0.5, 0.6) is 0 Å². The second-order valence-corrected chi connectivity index (χ2v) is 2.29. The molecule has 0 saturated carbocycles. The van der Waals surface area contributed by atoms with Crippen molar-refractivity contribution in [2.45, 2.75) is 6.23 Å². The molecule has 1 aromatic carbocycles. The van der Waals surface area contributed by atoms with Crippen molar-refractivity contribution in [1.82, 2.24) is 0 Å². The lowest BCUT2D eigenvalue weighted by Gasteiger charge is -2.02. The van der Waals surface area contributed by atoms with Crippen molar-refractivity contribution in [3.8, 4) is 0 Å². The summed E-state index contributed by atoms with van der Waals surface area (Å²) in [5.74, 6) is 0. The number of nitrogens with zero attached hydrogens (tertiary/aromatic N) is 1. The summed E-state index contributed by atoms with van der Waals surface area (Å²) in [4.78, 5) is 9.69. The van der Waals surface area contributed by atoms with Crippen molar-refractivity contribution in [3.05, 3.63) is 39.9 Å². The van der Waals surface area contributed by atoms with Gasteiger partial charge < -0.3 is 10.8 Å². The maximum Gasteiger partial charge on any atom is 0.269 e. The Balaban J connectivity index is 2.93. The van der Waals surface area contributed by atoms with Crippen molar-refractivity contribution in [3.63, 3.8) is 0 Å². The normalized spacial score (nSPS) is 12.5. The third-order valence-corrected chi connectivity index (χ3v) is 1.45. The van der Waals surface area contributed by atoms with Gasteiger partial charge in [0.2, 0.25) is 0 Å². The molecule has 0 bridgehead atoms. The maximum atomic E-state index is 10.2. The van der Waals surface area contributed by atoms with E-state index in [0.29, 0.717) is 5.56 Å². The van der Waals surface area contributed by atoms with Crippen LogP contribution in [-0.4, -0.2) is 10.0 Å². The van der Waals surface area contributed by atoms with Gasteiger partial charge in [0.1, 0.15) is 6.23 Å². The predicted octanol–water partition coefficient (Wildman–Crippen LogP) is 0.544. The molecule has 0 heterocycles. The number of nitrogens with two attached hydrogens (primary N) is 1. The fourth-order valence-corrected chi connectivity index (χ4v) is 0.793. The van der Waals surface area contributed by atoms with Crippen LogP contribution in [0.15, 0.2) is 24.3 Å². The molecular weight excluding hydrogens is 160 g/mol. The summed E-state index contributed by atoms with van der Waals surface area (Å²) >= 11 is 0. The summed E-state index contributed by atoms with van der Waals surface area (Å²) in [6, 6.07) is 5.43. The Labute approximate surface area is 68.6 Å². The first-order valence-electron chi connectivity index (χ1n) is 3.29. The highest BCUT2D eigenvalue weighted by atomic mass is 16.6. The van der Waals surface area contributed by atoms with Gasteiger partial charge in [0, 0.05) is 12.1 Å². The first-order chi connectivity index (χ1) is 5.61.